The number of alkyl halides is 2. The van der Waals surface area contributed by atoms with Gasteiger partial charge in [-0.25, -0.2) is 8.78 Å². The highest BCUT2D eigenvalue weighted by molar-refractivity contribution is 5.84. The SMILES string of the molecule is CCCCCCCc1cccc(CCc2ccc3c(F)c(CCc4ccc(OC(F)F)c(F)c4)ccc3c2)c1. The van der Waals surface area contributed by atoms with Crippen LogP contribution in [0.15, 0.2) is 72.8 Å². The first-order chi connectivity index (χ1) is 18.9. The molecule has 39 heavy (non-hydrogen) atoms. The number of aryl methyl sites for hydroxylation is 5. The van der Waals surface area contributed by atoms with E-state index in [2.05, 4.69) is 42.0 Å². The molecule has 4 aromatic rings. The van der Waals surface area contributed by atoms with Crippen molar-refractivity contribution in [2.24, 2.45) is 0 Å². The lowest BCUT2D eigenvalue weighted by Gasteiger charge is -2.10. The molecule has 0 radical (unpaired) electrons. The summed E-state index contributed by atoms with van der Waals surface area (Å²) in [5.74, 6) is -1.62. The Morgan fingerprint density at radius 2 is 1.31 bits per heavy atom. The second-order valence-electron chi connectivity index (χ2n) is 10.2. The van der Waals surface area contributed by atoms with E-state index in [0.29, 0.717) is 29.4 Å². The molecule has 0 N–H and O–H groups in total. The lowest BCUT2D eigenvalue weighted by molar-refractivity contribution is -0.0522. The molecule has 4 aromatic carbocycles. The molecule has 0 atom stereocenters. The van der Waals surface area contributed by atoms with Gasteiger partial charge in [0.15, 0.2) is 11.6 Å². The largest absolute Gasteiger partial charge is 0.432 e. The molecule has 0 saturated carbocycles. The minimum Gasteiger partial charge on any atom is -0.432 e. The van der Waals surface area contributed by atoms with Crippen molar-refractivity contribution in [1.29, 1.82) is 0 Å². The fourth-order valence-corrected chi connectivity index (χ4v) is 5.07. The Morgan fingerprint density at radius 1 is 0.641 bits per heavy atom. The summed E-state index contributed by atoms with van der Waals surface area (Å²) < 4.78 is 58.1. The van der Waals surface area contributed by atoms with E-state index in [9.17, 15) is 13.2 Å². The summed E-state index contributed by atoms with van der Waals surface area (Å²) in [6.07, 6.45) is 10.1. The van der Waals surface area contributed by atoms with Gasteiger partial charge in [-0.1, -0.05) is 93.3 Å². The maximum absolute atomic E-state index is 15.3. The van der Waals surface area contributed by atoms with Crippen LogP contribution >= 0.6 is 0 Å². The molecule has 0 bridgehead atoms. The molecule has 4 rings (SSSR count). The highest BCUT2D eigenvalue weighted by atomic mass is 19.3. The molecule has 0 aliphatic carbocycles. The molecule has 206 valence electrons. The number of unbranched alkanes of at least 4 members (excludes halogenated alkanes) is 4. The van der Waals surface area contributed by atoms with Gasteiger partial charge >= 0.3 is 6.61 Å². The minimum atomic E-state index is -3.08. The Labute approximate surface area is 228 Å². The highest BCUT2D eigenvalue weighted by Gasteiger charge is 2.12. The predicted molar refractivity (Wildman–Crippen MR) is 151 cm³/mol. The summed E-state index contributed by atoms with van der Waals surface area (Å²) in [5, 5.41) is 1.42. The van der Waals surface area contributed by atoms with E-state index >= 15 is 4.39 Å². The topological polar surface area (TPSA) is 9.23 Å². The van der Waals surface area contributed by atoms with Crippen LogP contribution in [0.2, 0.25) is 0 Å². The molecule has 0 fully saturated rings. The Bertz CT molecular complexity index is 1360. The second-order valence-corrected chi connectivity index (χ2v) is 10.2. The maximum Gasteiger partial charge on any atom is 0.387 e. The normalized spacial score (nSPS) is 11.4. The van der Waals surface area contributed by atoms with Crippen LogP contribution in [0.1, 0.15) is 66.8 Å². The third-order valence-electron chi connectivity index (χ3n) is 7.26. The summed E-state index contributed by atoms with van der Waals surface area (Å²) in [6.45, 7) is -0.848. The van der Waals surface area contributed by atoms with Crippen molar-refractivity contribution >= 4 is 10.8 Å². The first kappa shape index (κ1) is 28.7. The van der Waals surface area contributed by atoms with Crippen molar-refractivity contribution in [1.82, 2.24) is 0 Å². The number of ether oxygens (including phenoxy) is 1. The third-order valence-corrected chi connectivity index (χ3v) is 7.26. The van der Waals surface area contributed by atoms with Crippen molar-refractivity contribution < 1.29 is 22.3 Å². The highest BCUT2D eigenvalue weighted by Crippen LogP contribution is 2.26. The van der Waals surface area contributed by atoms with Crippen LogP contribution in [0, 0.1) is 11.6 Å². The zero-order valence-corrected chi connectivity index (χ0v) is 22.5. The molecule has 0 unspecified atom stereocenters. The average Bonchev–Trinajstić information content (AvgIpc) is 2.93. The van der Waals surface area contributed by atoms with Gasteiger partial charge in [-0.3, -0.25) is 0 Å². The first-order valence-corrected chi connectivity index (χ1v) is 13.9. The van der Waals surface area contributed by atoms with Crippen LogP contribution in [0.5, 0.6) is 5.75 Å². The van der Waals surface area contributed by atoms with Crippen LogP contribution in [0.4, 0.5) is 17.6 Å². The summed E-state index contributed by atoms with van der Waals surface area (Å²) in [7, 11) is 0. The van der Waals surface area contributed by atoms with E-state index in [1.807, 2.05) is 18.2 Å². The molecule has 0 aliphatic rings. The van der Waals surface area contributed by atoms with Gasteiger partial charge in [-0.2, -0.15) is 8.78 Å². The van der Waals surface area contributed by atoms with E-state index in [4.69, 9.17) is 0 Å². The monoisotopic (exact) mass is 536 g/mol. The minimum absolute atomic E-state index is 0.274. The third kappa shape index (κ3) is 8.32. The Morgan fingerprint density at radius 3 is 2.05 bits per heavy atom. The fraction of sp³-hybridized carbons (Fsp3) is 0.353. The van der Waals surface area contributed by atoms with Gasteiger partial charge in [0.05, 0.1) is 0 Å². The number of rotatable bonds is 14. The van der Waals surface area contributed by atoms with Gasteiger partial charge in [-0.15, -0.1) is 0 Å². The zero-order chi connectivity index (χ0) is 27.6. The van der Waals surface area contributed by atoms with E-state index in [-0.39, 0.29) is 5.82 Å². The van der Waals surface area contributed by atoms with Crippen molar-refractivity contribution in [3.05, 3.63) is 112 Å². The van der Waals surface area contributed by atoms with E-state index < -0.39 is 18.2 Å². The number of halogens is 4. The van der Waals surface area contributed by atoms with Crippen LogP contribution in [-0.2, 0) is 32.1 Å². The molecule has 0 aromatic heterocycles. The summed E-state index contributed by atoms with van der Waals surface area (Å²) in [4.78, 5) is 0. The average molecular weight is 537 g/mol. The Balaban J connectivity index is 1.35. The van der Waals surface area contributed by atoms with Crippen molar-refractivity contribution in [3.8, 4) is 5.75 Å². The van der Waals surface area contributed by atoms with Gasteiger partial charge in [0, 0.05) is 5.39 Å². The van der Waals surface area contributed by atoms with Crippen molar-refractivity contribution in [2.75, 3.05) is 0 Å². The standard InChI is InChI=1S/C34H36F4O/c1-2-3-4-5-6-8-24-9-7-10-25(21-24)11-12-26-14-19-30-29(22-26)18-17-28(33(30)36)16-13-27-15-20-32(31(35)23-27)39-34(37)38/h7,9-10,14-15,17-23,34H,2-6,8,11-13,16H2,1H3. The Hall–Kier alpha value is -3.34. The number of benzene rings is 4. The molecule has 0 amide bonds. The van der Waals surface area contributed by atoms with E-state index in [0.717, 1.165) is 30.7 Å². The predicted octanol–water partition coefficient (Wildman–Crippen LogP) is 9.80. The number of fused-ring (bicyclic) bond motifs is 1. The lowest BCUT2D eigenvalue weighted by atomic mass is 9.96. The first-order valence-electron chi connectivity index (χ1n) is 13.9. The molecular formula is C34H36F4O. The Kier molecular flexibility index (Phi) is 10.4. The quantitative estimate of drug-likeness (QED) is 0.115. The zero-order valence-electron chi connectivity index (χ0n) is 22.5. The summed E-state index contributed by atoms with van der Waals surface area (Å²) in [6, 6.07) is 22.3. The fourth-order valence-electron chi connectivity index (χ4n) is 5.07. The van der Waals surface area contributed by atoms with Gasteiger partial charge in [0.25, 0.3) is 0 Å². The van der Waals surface area contributed by atoms with Gasteiger partial charge in [0.1, 0.15) is 5.82 Å². The van der Waals surface area contributed by atoms with Crippen molar-refractivity contribution in [3.63, 3.8) is 0 Å². The van der Waals surface area contributed by atoms with Gasteiger partial charge < -0.3 is 4.74 Å². The van der Waals surface area contributed by atoms with Crippen LogP contribution in [-0.4, -0.2) is 6.61 Å². The number of hydrogen-bond acceptors (Lipinski definition) is 1. The second kappa shape index (κ2) is 14.2. The molecule has 0 saturated heterocycles. The van der Waals surface area contributed by atoms with Crippen molar-refractivity contribution in [2.45, 2.75) is 77.7 Å². The molecule has 0 spiro atoms. The molecule has 5 heteroatoms. The molecule has 1 nitrogen and oxygen atoms in total. The maximum atomic E-state index is 15.3. The van der Waals surface area contributed by atoms with Gasteiger partial charge in [0.2, 0.25) is 0 Å². The molecule has 0 heterocycles. The van der Waals surface area contributed by atoms with Crippen LogP contribution in [0.25, 0.3) is 10.8 Å². The van der Waals surface area contributed by atoms with E-state index in [1.165, 1.54) is 60.9 Å². The van der Waals surface area contributed by atoms with Crippen LogP contribution in [0.3, 0.4) is 0 Å². The van der Waals surface area contributed by atoms with Crippen LogP contribution < -0.4 is 4.74 Å². The smallest absolute Gasteiger partial charge is 0.387 e. The number of hydrogen-bond donors (Lipinski definition) is 0. The summed E-state index contributed by atoms with van der Waals surface area (Å²) in [5.41, 5.74) is 5.02. The molecule has 0 aliphatic heterocycles. The summed E-state index contributed by atoms with van der Waals surface area (Å²) >= 11 is 0. The lowest BCUT2D eigenvalue weighted by Crippen LogP contribution is -2.04. The van der Waals surface area contributed by atoms with E-state index in [1.54, 1.807) is 6.07 Å². The van der Waals surface area contributed by atoms with Gasteiger partial charge in [-0.05, 0) is 83.9 Å². The molecular weight excluding hydrogens is 500 g/mol.